The number of carbonyl (C=O) groups is 5. The van der Waals surface area contributed by atoms with E-state index in [1.165, 1.54) is 0 Å². The zero-order valence-electron chi connectivity index (χ0n) is 32.2. The summed E-state index contributed by atoms with van der Waals surface area (Å²) in [6, 6.07) is 21.2. The molecule has 3 rings (SSSR count). The maximum Gasteiger partial charge on any atom is 0.429 e. The van der Waals surface area contributed by atoms with Crippen LogP contribution in [0, 0.1) is 0 Å². The molecule has 0 atom stereocenters. The molecule has 13 heteroatoms. The van der Waals surface area contributed by atoms with Crippen molar-refractivity contribution in [3.63, 3.8) is 0 Å². The molecule has 0 aliphatic rings. The molecule has 13 nitrogen and oxygen atoms in total. The average Bonchev–Trinajstić information content (AvgIpc) is 3.02. The Labute approximate surface area is 312 Å². The first-order valence-corrected chi connectivity index (χ1v) is 17.5. The Bertz CT molecular complexity index is 1720. The van der Waals surface area contributed by atoms with E-state index in [9.17, 15) is 24.0 Å². The van der Waals surface area contributed by atoms with E-state index in [2.05, 4.69) is 21.4 Å². The van der Waals surface area contributed by atoms with E-state index in [1.54, 1.807) is 111 Å². The van der Waals surface area contributed by atoms with Crippen molar-refractivity contribution in [3.05, 3.63) is 89.5 Å². The number of aryl methyl sites for hydroxylation is 1. The minimum absolute atomic E-state index is 0.132. The van der Waals surface area contributed by atoms with Gasteiger partial charge in [0.2, 0.25) is 5.91 Å². The SMILES string of the molecule is CC(C)(C)OC(=O)Nc1ccccc1NC(=O)c1ccc(CCCC(=O)Nc2ccc(CCN(NC(=O)OC(C)(C)C)C(=O)OC(C)(C)C)cc2)cc1. The molecule has 3 aromatic rings. The summed E-state index contributed by atoms with van der Waals surface area (Å²) in [6.45, 7) is 15.8. The van der Waals surface area contributed by atoms with Crippen LogP contribution in [0.3, 0.4) is 0 Å². The second-order valence-electron chi connectivity index (χ2n) is 15.4. The number of amides is 5. The molecule has 3 aromatic carbocycles. The van der Waals surface area contributed by atoms with E-state index in [4.69, 9.17) is 14.2 Å². The monoisotopic (exact) mass is 731 g/mol. The zero-order valence-corrected chi connectivity index (χ0v) is 32.2. The molecule has 0 bridgehead atoms. The molecule has 53 heavy (non-hydrogen) atoms. The van der Waals surface area contributed by atoms with E-state index in [0.29, 0.717) is 48.3 Å². The van der Waals surface area contributed by atoms with Crippen molar-refractivity contribution in [1.29, 1.82) is 0 Å². The average molecular weight is 732 g/mol. The molecule has 0 radical (unpaired) electrons. The van der Waals surface area contributed by atoms with Gasteiger partial charge in [0.05, 0.1) is 17.9 Å². The topological polar surface area (TPSA) is 164 Å². The third kappa shape index (κ3) is 16.1. The van der Waals surface area contributed by atoms with Gasteiger partial charge in [-0.05, 0) is 129 Å². The number of rotatable bonds is 11. The minimum Gasteiger partial charge on any atom is -0.444 e. The van der Waals surface area contributed by atoms with Gasteiger partial charge in [-0.25, -0.2) is 24.8 Å². The van der Waals surface area contributed by atoms with Gasteiger partial charge in [-0.1, -0.05) is 36.4 Å². The Morgan fingerprint density at radius 1 is 0.585 bits per heavy atom. The quantitative estimate of drug-likeness (QED) is 0.113. The summed E-state index contributed by atoms with van der Waals surface area (Å²) in [5, 5.41) is 9.50. The summed E-state index contributed by atoms with van der Waals surface area (Å²) in [7, 11) is 0. The summed E-state index contributed by atoms with van der Waals surface area (Å²) in [6.07, 6.45) is -0.151. The molecule has 0 aliphatic heterocycles. The summed E-state index contributed by atoms with van der Waals surface area (Å²) < 4.78 is 16.0. The Morgan fingerprint density at radius 2 is 1.09 bits per heavy atom. The van der Waals surface area contributed by atoms with Gasteiger partial charge in [-0.3, -0.25) is 14.9 Å². The lowest BCUT2D eigenvalue weighted by molar-refractivity contribution is -0.116. The first-order valence-electron chi connectivity index (χ1n) is 17.5. The molecule has 0 spiro atoms. The Kier molecular flexibility index (Phi) is 14.4. The standard InChI is InChI=1S/C40H53N5O8/c1-38(2,3)51-35(48)43-32-15-11-10-14-31(32)42-34(47)29-21-17-27(18-22-29)13-12-16-33(46)41-30-23-19-28(20-24-30)25-26-45(37(50)53-40(7,8)9)44-36(49)52-39(4,5)6/h10-11,14-15,17-24H,12-13,16,25-26H2,1-9H3,(H,41,46)(H,42,47)(H,43,48)(H,44,49). The molecule has 0 heterocycles. The second kappa shape index (κ2) is 18.3. The number of anilines is 3. The number of ether oxygens (including phenoxy) is 3. The van der Waals surface area contributed by atoms with Crippen molar-refractivity contribution in [3.8, 4) is 0 Å². The van der Waals surface area contributed by atoms with Gasteiger partial charge >= 0.3 is 18.3 Å². The summed E-state index contributed by atoms with van der Waals surface area (Å²) >= 11 is 0. The number of nitrogens with one attached hydrogen (secondary N) is 4. The predicted octanol–water partition coefficient (Wildman–Crippen LogP) is 8.47. The van der Waals surface area contributed by atoms with E-state index in [-0.39, 0.29) is 18.4 Å². The lowest BCUT2D eigenvalue weighted by Gasteiger charge is -2.28. The van der Waals surface area contributed by atoms with Crippen LogP contribution in [0.15, 0.2) is 72.8 Å². The molecule has 0 saturated carbocycles. The highest BCUT2D eigenvalue weighted by molar-refractivity contribution is 6.06. The fourth-order valence-corrected chi connectivity index (χ4v) is 4.73. The molecule has 0 saturated heterocycles. The van der Waals surface area contributed by atoms with E-state index < -0.39 is 35.1 Å². The van der Waals surface area contributed by atoms with Crippen molar-refractivity contribution in [1.82, 2.24) is 10.4 Å². The summed E-state index contributed by atoms with van der Waals surface area (Å²) in [5.74, 6) is -0.469. The largest absolute Gasteiger partial charge is 0.444 e. The molecule has 0 unspecified atom stereocenters. The van der Waals surface area contributed by atoms with Crippen LogP contribution in [0.1, 0.15) is 96.6 Å². The molecular weight excluding hydrogens is 678 g/mol. The maximum atomic E-state index is 13.0. The third-order valence-electron chi connectivity index (χ3n) is 7.00. The Hall–Kier alpha value is -5.59. The van der Waals surface area contributed by atoms with Crippen molar-refractivity contribution >= 4 is 47.2 Å². The van der Waals surface area contributed by atoms with Crippen molar-refractivity contribution in [2.75, 3.05) is 22.5 Å². The van der Waals surface area contributed by atoms with E-state index in [1.807, 2.05) is 24.3 Å². The molecule has 5 amide bonds. The highest BCUT2D eigenvalue weighted by atomic mass is 16.6. The minimum atomic E-state index is -0.768. The normalized spacial score (nSPS) is 11.5. The smallest absolute Gasteiger partial charge is 0.429 e. The highest BCUT2D eigenvalue weighted by Gasteiger charge is 2.26. The van der Waals surface area contributed by atoms with Crippen molar-refractivity contribution < 1.29 is 38.2 Å². The zero-order chi connectivity index (χ0) is 39.4. The van der Waals surface area contributed by atoms with Gasteiger partial charge in [-0.15, -0.1) is 0 Å². The number of hydrazine groups is 1. The number of benzene rings is 3. The van der Waals surface area contributed by atoms with Crippen LogP contribution in [0.5, 0.6) is 0 Å². The van der Waals surface area contributed by atoms with Gasteiger partial charge in [0.15, 0.2) is 0 Å². The number of hydrogen-bond acceptors (Lipinski definition) is 8. The predicted molar refractivity (Wildman–Crippen MR) is 205 cm³/mol. The van der Waals surface area contributed by atoms with Gasteiger partial charge in [0.25, 0.3) is 5.91 Å². The Balaban J connectivity index is 1.46. The second-order valence-corrected chi connectivity index (χ2v) is 15.4. The van der Waals surface area contributed by atoms with Gasteiger partial charge in [-0.2, -0.15) is 0 Å². The van der Waals surface area contributed by atoms with Crippen LogP contribution in [0.4, 0.5) is 31.4 Å². The van der Waals surface area contributed by atoms with Crippen LogP contribution in [0.2, 0.25) is 0 Å². The van der Waals surface area contributed by atoms with Crippen LogP contribution >= 0.6 is 0 Å². The molecular formula is C40H53N5O8. The van der Waals surface area contributed by atoms with Gasteiger partial charge in [0, 0.05) is 17.7 Å². The maximum absolute atomic E-state index is 13.0. The fraction of sp³-hybridized carbons (Fsp3) is 0.425. The number of nitrogens with zero attached hydrogens (tertiary/aromatic N) is 1. The first kappa shape index (κ1) is 41.8. The number of para-hydroxylation sites is 2. The lowest BCUT2D eigenvalue weighted by atomic mass is 10.1. The lowest BCUT2D eigenvalue weighted by Crippen LogP contribution is -2.50. The fourth-order valence-electron chi connectivity index (χ4n) is 4.73. The number of carbonyl (C=O) groups excluding carboxylic acids is 5. The molecule has 0 fully saturated rings. The van der Waals surface area contributed by atoms with Crippen LogP contribution in [0.25, 0.3) is 0 Å². The van der Waals surface area contributed by atoms with E-state index >= 15 is 0 Å². The summed E-state index contributed by atoms with van der Waals surface area (Å²) in [5.41, 5.74) is 4.09. The molecule has 0 aliphatic carbocycles. The van der Waals surface area contributed by atoms with Crippen LogP contribution < -0.4 is 21.4 Å². The first-order chi connectivity index (χ1) is 24.7. The third-order valence-corrected chi connectivity index (χ3v) is 7.00. The van der Waals surface area contributed by atoms with Gasteiger partial charge in [0.1, 0.15) is 16.8 Å². The summed E-state index contributed by atoms with van der Waals surface area (Å²) in [4.78, 5) is 63.0. The van der Waals surface area contributed by atoms with Crippen LogP contribution in [-0.2, 0) is 31.8 Å². The van der Waals surface area contributed by atoms with Crippen LogP contribution in [-0.4, -0.2) is 58.5 Å². The molecule has 4 N–H and O–H groups in total. The van der Waals surface area contributed by atoms with Crippen molar-refractivity contribution in [2.24, 2.45) is 0 Å². The number of hydrogen-bond donors (Lipinski definition) is 4. The molecule has 286 valence electrons. The van der Waals surface area contributed by atoms with E-state index in [0.717, 1.165) is 16.1 Å². The van der Waals surface area contributed by atoms with Crippen molar-refractivity contribution in [2.45, 2.75) is 105 Å². The highest BCUT2D eigenvalue weighted by Crippen LogP contribution is 2.23. The molecule has 0 aromatic heterocycles. The Morgan fingerprint density at radius 3 is 1.66 bits per heavy atom. The van der Waals surface area contributed by atoms with Gasteiger partial charge < -0.3 is 24.8 Å².